The minimum absolute atomic E-state index is 0.261. The number of amides is 1. The van der Waals surface area contributed by atoms with Crippen LogP contribution in [0.15, 0.2) is 78.9 Å². The molecule has 1 N–H and O–H groups in total. The van der Waals surface area contributed by atoms with Crippen LogP contribution in [0.2, 0.25) is 0 Å². The molecule has 3 nitrogen and oxygen atoms in total. The van der Waals surface area contributed by atoms with Crippen molar-refractivity contribution < 1.29 is 13.9 Å². The van der Waals surface area contributed by atoms with Crippen molar-refractivity contribution in [3.8, 4) is 11.5 Å². The Bertz CT molecular complexity index is 784. The molecule has 0 spiro atoms. The van der Waals surface area contributed by atoms with Crippen LogP contribution in [-0.2, 0) is 0 Å². The molecule has 23 heavy (non-hydrogen) atoms. The molecule has 0 saturated heterocycles. The van der Waals surface area contributed by atoms with Gasteiger partial charge in [-0.25, -0.2) is 4.39 Å². The Labute approximate surface area is 133 Å². The summed E-state index contributed by atoms with van der Waals surface area (Å²) >= 11 is 0. The monoisotopic (exact) mass is 307 g/mol. The predicted molar refractivity (Wildman–Crippen MR) is 87.3 cm³/mol. The van der Waals surface area contributed by atoms with Crippen LogP contribution in [0.3, 0.4) is 0 Å². The Morgan fingerprint density at radius 3 is 2.04 bits per heavy atom. The van der Waals surface area contributed by atoms with Gasteiger partial charge in [0.05, 0.1) is 0 Å². The molecule has 0 bridgehead atoms. The Hall–Kier alpha value is -3.14. The summed E-state index contributed by atoms with van der Waals surface area (Å²) in [7, 11) is 0. The van der Waals surface area contributed by atoms with Gasteiger partial charge in [0.25, 0.3) is 5.91 Å². The topological polar surface area (TPSA) is 38.3 Å². The van der Waals surface area contributed by atoms with E-state index in [4.69, 9.17) is 4.74 Å². The highest BCUT2D eigenvalue weighted by atomic mass is 19.1. The van der Waals surface area contributed by atoms with Crippen LogP contribution in [0, 0.1) is 5.82 Å². The Morgan fingerprint density at radius 1 is 0.783 bits per heavy atom. The van der Waals surface area contributed by atoms with Crippen molar-refractivity contribution in [2.75, 3.05) is 5.32 Å². The van der Waals surface area contributed by atoms with E-state index in [0.717, 1.165) is 5.75 Å². The van der Waals surface area contributed by atoms with Crippen LogP contribution < -0.4 is 10.1 Å². The lowest BCUT2D eigenvalue weighted by Crippen LogP contribution is -2.11. The number of hydrogen-bond acceptors (Lipinski definition) is 2. The number of para-hydroxylation sites is 1. The maximum absolute atomic E-state index is 12.8. The van der Waals surface area contributed by atoms with Crippen LogP contribution >= 0.6 is 0 Å². The second-order valence-electron chi connectivity index (χ2n) is 4.90. The summed E-state index contributed by atoms with van der Waals surface area (Å²) in [4.78, 5) is 12.1. The number of carbonyl (C=O) groups excluding carboxylic acids is 1. The number of anilines is 1. The second kappa shape index (κ2) is 6.75. The molecule has 0 atom stereocenters. The molecule has 1 amide bonds. The molecule has 0 unspecified atom stereocenters. The van der Waals surface area contributed by atoms with Gasteiger partial charge in [-0.1, -0.05) is 18.2 Å². The smallest absolute Gasteiger partial charge is 0.255 e. The Kier molecular flexibility index (Phi) is 4.34. The zero-order valence-corrected chi connectivity index (χ0v) is 12.2. The molecule has 0 aromatic heterocycles. The molecule has 3 aromatic rings. The number of hydrogen-bond donors (Lipinski definition) is 1. The highest BCUT2D eigenvalue weighted by Gasteiger charge is 2.06. The zero-order chi connectivity index (χ0) is 16.1. The molecule has 0 aliphatic heterocycles. The van der Waals surface area contributed by atoms with Crippen molar-refractivity contribution in [2.24, 2.45) is 0 Å². The summed E-state index contributed by atoms with van der Waals surface area (Å²) in [6.45, 7) is 0. The average molecular weight is 307 g/mol. The third-order valence-corrected chi connectivity index (χ3v) is 3.20. The van der Waals surface area contributed by atoms with Gasteiger partial charge in [0.15, 0.2) is 0 Å². The van der Waals surface area contributed by atoms with E-state index >= 15 is 0 Å². The standard InChI is InChI=1S/C19H14FNO2/c20-15-8-10-16(11-9-15)21-19(22)14-6-12-18(13-7-14)23-17-4-2-1-3-5-17/h1-13H,(H,21,22). The molecule has 3 rings (SSSR count). The summed E-state index contributed by atoms with van der Waals surface area (Å²) in [5.74, 6) is 0.777. The number of rotatable bonds is 4. The number of ether oxygens (including phenoxy) is 1. The maximum atomic E-state index is 12.8. The first-order valence-corrected chi connectivity index (χ1v) is 7.10. The van der Waals surface area contributed by atoms with E-state index in [1.54, 1.807) is 24.3 Å². The lowest BCUT2D eigenvalue weighted by Gasteiger charge is -2.07. The lowest BCUT2D eigenvalue weighted by molar-refractivity contribution is 0.102. The molecule has 3 aromatic carbocycles. The van der Waals surface area contributed by atoms with E-state index in [1.165, 1.54) is 24.3 Å². The SMILES string of the molecule is O=C(Nc1ccc(F)cc1)c1ccc(Oc2ccccc2)cc1. The fourth-order valence-electron chi connectivity index (χ4n) is 2.04. The van der Waals surface area contributed by atoms with E-state index in [-0.39, 0.29) is 11.7 Å². The van der Waals surface area contributed by atoms with Crippen molar-refractivity contribution in [2.45, 2.75) is 0 Å². The fraction of sp³-hybridized carbons (Fsp3) is 0. The molecule has 0 saturated carbocycles. The number of carbonyl (C=O) groups is 1. The predicted octanol–water partition coefficient (Wildman–Crippen LogP) is 4.87. The first kappa shape index (κ1) is 14.8. The summed E-state index contributed by atoms with van der Waals surface area (Å²) < 4.78 is 18.5. The Balaban J connectivity index is 1.66. The number of benzene rings is 3. The molecule has 114 valence electrons. The maximum Gasteiger partial charge on any atom is 0.255 e. The molecule has 0 aliphatic rings. The van der Waals surface area contributed by atoms with E-state index in [1.807, 2.05) is 30.3 Å². The van der Waals surface area contributed by atoms with Gasteiger partial charge in [-0.15, -0.1) is 0 Å². The van der Waals surface area contributed by atoms with Crippen LogP contribution in [-0.4, -0.2) is 5.91 Å². The Morgan fingerprint density at radius 2 is 1.39 bits per heavy atom. The van der Waals surface area contributed by atoms with E-state index in [0.29, 0.717) is 17.0 Å². The quantitative estimate of drug-likeness (QED) is 0.746. The van der Waals surface area contributed by atoms with Crippen molar-refractivity contribution in [3.05, 3.63) is 90.2 Å². The molecular formula is C19H14FNO2. The van der Waals surface area contributed by atoms with Gasteiger partial charge < -0.3 is 10.1 Å². The summed E-state index contributed by atoms with van der Waals surface area (Å²) in [6.07, 6.45) is 0. The first-order valence-electron chi connectivity index (χ1n) is 7.10. The van der Waals surface area contributed by atoms with Crippen LogP contribution in [0.4, 0.5) is 10.1 Å². The van der Waals surface area contributed by atoms with E-state index in [2.05, 4.69) is 5.32 Å². The molecule has 0 fully saturated rings. The first-order chi connectivity index (χ1) is 11.2. The van der Waals surface area contributed by atoms with Gasteiger partial charge in [0, 0.05) is 11.3 Å². The van der Waals surface area contributed by atoms with E-state index < -0.39 is 0 Å². The van der Waals surface area contributed by atoms with Crippen LogP contribution in [0.25, 0.3) is 0 Å². The minimum atomic E-state index is -0.342. The highest BCUT2D eigenvalue weighted by molar-refractivity contribution is 6.04. The molecule has 0 heterocycles. The third-order valence-electron chi connectivity index (χ3n) is 3.20. The van der Waals surface area contributed by atoms with Crippen molar-refractivity contribution >= 4 is 11.6 Å². The van der Waals surface area contributed by atoms with Gasteiger partial charge in [-0.2, -0.15) is 0 Å². The van der Waals surface area contributed by atoms with Gasteiger partial charge in [0.1, 0.15) is 17.3 Å². The molecule has 0 aliphatic carbocycles. The average Bonchev–Trinajstić information content (AvgIpc) is 2.58. The molecule has 0 radical (unpaired) electrons. The van der Waals surface area contributed by atoms with Crippen molar-refractivity contribution in [1.82, 2.24) is 0 Å². The summed E-state index contributed by atoms with van der Waals surface area (Å²) in [6, 6.07) is 21.8. The second-order valence-corrected chi connectivity index (χ2v) is 4.90. The zero-order valence-electron chi connectivity index (χ0n) is 12.2. The number of halogens is 1. The number of nitrogens with one attached hydrogen (secondary N) is 1. The van der Waals surface area contributed by atoms with Crippen molar-refractivity contribution in [1.29, 1.82) is 0 Å². The van der Waals surface area contributed by atoms with Crippen LogP contribution in [0.1, 0.15) is 10.4 Å². The van der Waals surface area contributed by atoms with Gasteiger partial charge in [0.2, 0.25) is 0 Å². The fourth-order valence-corrected chi connectivity index (χ4v) is 2.04. The van der Waals surface area contributed by atoms with Gasteiger partial charge in [-0.05, 0) is 60.7 Å². The van der Waals surface area contributed by atoms with E-state index in [9.17, 15) is 9.18 Å². The molecule has 4 heteroatoms. The summed E-state index contributed by atoms with van der Waals surface area (Å²) in [5.41, 5.74) is 1.04. The minimum Gasteiger partial charge on any atom is -0.457 e. The summed E-state index contributed by atoms with van der Waals surface area (Å²) in [5, 5.41) is 2.71. The van der Waals surface area contributed by atoms with Crippen molar-refractivity contribution in [3.63, 3.8) is 0 Å². The largest absolute Gasteiger partial charge is 0.457 e. The highest BCUT2D eigenvalue weighted by Crippen LogP contribution is 2.21. The van der Waals surface area contributed by atoms with Gasteiger partial charge in [-0.3, -0.25) is 4.79 Å². The third kappa shape index (κ3) is 3.95. The van der Waals surface area contributed by atoms with Crippen LogP contribution in [0.5, 0.6) is 11.5 Å². The van der Waals surface area contributed by atoms with Gasteiger partial charge >= 0.3 is 0 Å². The molecular weight excluding hydrogens is 293 g/mol. The lowest BCUT2D eigenvalue weighted by atomic mass is 10.2. The normalized spacial score (nSPS) is 10.1.